The Kier molecular flexibility index (Phi) is 5.96. The Morgan fingerprint density at radius 2 is 1.57 bits per heavy atom. The Balaban J connectivity index is 1.96. The number of hydrogen-bond donors (Lipinski definition) is 0. The fourth-order valence-electron chi connectivity index (χ4n) is 2.75. The van der Waals surface area contributed by atoms with Gasteiger partial charge in [0.1, 0.15) is 0 Å². The van der Waals surface area contributed by atoms with Gasteiger partial charge in [-0.1, -0.05) is 60.7 Å². The molecule has 0 saturated heterocycles. The van der Waals surface area contributed by atoms with Crippen LogP contribution in [0.2, 0.25) is 0 Å². The van der Waals surface area contributed by atoms with Crippen molar-refractivity contribution in [3.63, 3.8) is 0 Å². The van der Waals surface area contributed by atoms with E-state index in [-0.39, 0.29) is 11.5 Å². The van der Waals surface area contributed by atoms with Gasteiger partial charge in [0.2, 0.25) is 0 Å². The molecule has 2 rings (SSSR count). The van der Waals surface area contributed by atoms with Crippen LogP contribution in [-0.2, 0) is 6.54 Å². The fraction of sp³-hybridized carbons (Fsp3) is 0.381. The molecule has 0 bridgehead atoms. The van der Waals surface area contributed by atoms with Crippen LogP contribution in [0.3, 0.4) is 0 Å². The van der Waals surface area contributed by atoms with Crippen LogP contribution in [0.4, 0.5) is 0 Å². The SMILES string of the molecule is CN(Cc1ccccc1)C(C)(C)CC[C@H](C#N)c1ccccc1. The number of nitriles is 1. The molecule has 0 unspecified atom stereocenters. The van der Waals surface area contributed by atoms with Crippen molar-refractivity contribution in [3.8, 4) is 6.07 Å². The van der Waals surface area contributed by atoms with Crippen LogP contribution in [0, 0.1) is 11.3 Å². The van der Waals surface area contributed by atoms with Crippen molar-refractivity contribution in [2.45, 2.75) is 44.7 Å². The predicted molar refractivity (Wildman–Crippen MR) is 96.0 cm³/mol. The molecule has 0 fully saturated rings. The summed E-state index contributed by atoms with van der Waals surface area (Å²) in [6.07, 6.45) is 1.87. The first-order valence-corrected chi connectivity index (χ1v) is 8.22. The fourth-order valence-corrected chi connectivity index (χ4v) is 2.75. The van der Waals surface area contributed by atoms with Gasteiger partial charge in [-0.15, -0.1) is 0 Å². The molecule has 0 aliphatic rings. The third kappa shape index (κ3) is 4.94. The highest BCUT2D eigenvalue weighted by Gasteiger charge is 2.25. The monoisotopic (exact) mass is 306 g/mol. The van der Waals surface area contributed by atoms with E-state index in [9.17, 15) is 5.26 Å². The van der Waals surface area contributed by atoms with Gasteiger partial charge in [-0.2, -0.15) is 5.26 Å². The van der Waals surface area contributed by atoms with Crippen molar-refractivity contribution in [1.29, 1.82) is 5.26 Å². The van der Waals surface area contributed by atoms with E-state index < -0.39 is 0 Å². The van der Waals surface area contributed by atoms with E-state index in [1.165, 1.54) is 5.56 Å². The van der Waals surface area contributed by atoms with E-state index in [0.29, 0.717) is 0 Å². The Morgan fingerprint density at radius 1 is 1.00 bits per heavy atom. The van der Waals surface area contributed by atoms with Gasteiger partial charge in [-0.3, -0.25) is 4.90 Å². The van der Waals surface area contributed by atoms with Gasteiger partial charge in [0.25, 0.3) is 0 Å². The molecular formula is C21H26N2. The maximum absolute atomic E-state index is 9.49. The average Bonchev–Trinajstić information content (AvgIpc) is 2.57. The Morgan fingerprint density at radius 3 is 2.13 bits per heavy atom. The topological polar surface area (TPSA) is 27.0 Å². The second-order valence-electron chi connectivity index (χ2n) is 6.79. The van der Waals surface area contributed by atoms with E-state index in [4.69, 9.17) is 0 Å². The minimum atomic E-state index is -0.0272. The zero-order chi connectivity index (χ0) is 16.7. The molecule has 0 aliphatic heterocycles. The molecule has 0 amide bonds. The highest BCUT2D eigenvalue weighted by molar-refractivity contribution is 5.24. The second-order valence-corrected chi connectivity index (χ2v) is 6.79. The van der Waals surface area contributed by atoms with Gasteiger partial charge in [-0.05, 0) is 44.9 Å². The maximum Gasteiger partial charge on any atom is 0.0713 e. The summed E-state index contributed by atoms with van der Waals surface area (Å²) < 4.78 is 0. The number of rotatable bonds is 7. The summed E-state index contributed by atoms with van der Waals surface area (Å²) in [5.41, 5.74) is 2.50. The summed E-state index contributed by atoms with van der Waals surface area (Å²) in [6.45, 7) is 5.45. The standard InChI is InChI=1S/C21H26N2/c1-21(2,23(3)17-18-10-6-4-7-11-18)15-14-20(16-22)19-12-8-5-9-13-19/h4-13,20H,14-15,17H2,1-3H3/t20-/m1/s1. The average molecular weight is 306 g/mol. The molecular weight excluding hydrogens is 280 g/mol. The van der Waals surface area contributed by atoms with Crippen LogP contribution < -0.4 is 0 Å². The maximum atomic E-state index is 9.49. The van der Waals surface area contributed by atoms with Crippen molar-refractivity contribution in [2.75, 3.05) is 7.05 Å². The van der Waals surface area contributed by atoms with E-state index in [1.807, 2.05) is 24.3 Å². The molecule has 0 heterocycles. The molecule has 2 heteroatoms. The first-order chi connectivity index (χ1) is 11.0. The summed E-state index contributed by atoms with van der Waals surface area (Å²) >= 11 is 0. The van der Waals surface area contributed by atoms with Crippen molar-refractivity contribution in [3.05, 3.63) is 71.8 Å². The third-order valence-corrected chi connectivity index (χ3v) is 4.70. The molecule has 23 heavy (non-hydrogen) atoms. The smallest absolute Gasteiger partial charge is 0.0713 e. The largest absolute Gasteiger partial charge is 0.297 e. The summed E-state index contributed by atoms with van der Waals surface area (Å²) in [5.74, 6) is -0.0272. The summed E-state index contributed by atoms with van der Waals surface area (Å²) in [6, 6.07) is 23.1. The number of nitrogens with zero attached hydrogens (tertiary/aromatic N) is 2. The van der Waals surface area contributed by atoms with Gasteiger partial charge in [-0.25, -0.2) is 0 Å². The minimum Gasteiger partial charge on any atom is -0.297 e. The Hall–Kier alpha value is -2.11. The van der Waals surface area contributed by atoms with Crippen molar-refractivity contribution < 1.29 is 0 Å². The Bertz CT molecular complexity index is 626. The molecule has 0 saturated carbocycles. The molecule has 120 valence electrons. The lowest BCUT2D eigenvalue weighted by Crippen LogP contribution is -2.40. The highest BCUT2D eigenvalue weighted by Crippen LogP contribution is 2.28. The van der Waals surface area contributed by atoms with Crippen molar-refractivity contribution in [2.24, 2.45) is 0 Å². The first kappa shape index (κ1) is 17.2. The Labute approximate surface area is 140 Å². The minimum absolute atomic E-state index is 0.0272. The van der Waals surface area contributed by atoms with Crippen LogP contribution in [0.1, 0.15) is 43.7 Å². The van der Waals surface area contributed by atoms with E-state index in [0.717, 1.165) is 24.9 Å². The summed E-state index contributed by atoms with van der Waals surface area (Å²) in [4.78, 5) is 2.38. The second kappa shape index (κ2) is 7.94. The summed E-state index contributed by atoms with van der Waals surface area (Å²) in [7, 11) is 2.16. The van der Waals surface area contributed by atoms with Gasteiger partial charge in [0, 0.05) is 12.1 Å². The molecule has 0 N–H and O–H groups in total. The molecule has 1 atom stereocenters. The number of hydrogen-bond acceptors (Lipinski definition) is 2. The van der Waals surface area contributed by atoms with Crippen LogP contribution >= 0.6 is 0 Å². The van der Waals surface area contributed by atoms with E-state index >= 15 is 0 Å². The van der Waals surface area contributed by atoms with Gasteiger partial charge in [0.15, 0.2) is 0 Å². The molecule has 2 aromatic rings. The van der Waals surface area contributed by atoms with Crippen LogP contribution in [0.25, 0.3) is 0 Å². The predicted octanol–water partition coefficient (Wildman–Crippen LogP) is 4.98. The van der Waals surface area contributed by atoms with Gasteiger partial charge < -0.3 is 0 Å². The lowest BCUT2D eigenvalue weighted by Gasteiger charge is -2.36. The molecule has 2 aromatic carbocycles. The van der Waals surface area contributed by atoms with Crippen LogP contribution in [-0.4, -0.2) is 17.5 Å². The first-order valence-electron chi connectivity index (χ1n) is 8.22. The normalized spacial score (nSPS) is 12.8. The van der Waals surface area contributed by atoms with Gasteiger partial charge in [0.05, 0.1) is 12.0 Å². The summed E-state index contributed by atoms with van der Waals surface area (Å²) in [5, 5.41) is 9.49. The van der Waals surface area contributed by atoms with E-state index in [1.54, 1.807) is 0 Å². The van der Waals surface area contributed by atoms with Crippen LogP contribution in [0.15, 0.2) is 60.7 Å². The lowest BCUT2D eigenvalue weighted by atomic mass is 9.88. The molecule has 0 aromatic heterocycles. The molecule has 0 aliphatic carbocycles. The molecule has 0 radical (unpaired) electrons. The quantitative estimate of drug-likeness (QED) is 0.721. The van der Waals surface area contributed by atoms with E-state index in [2.05, 4.69) is 68.3 Å². The zero-order valence-corrected chi connectivity index (χ0v) is 14.4. The van der Waals surface area contributed by atoms with Crippen LogP contribution in [0.5, 0.6) is 0 Å². The molecule has 2 nitrogen and oxygen atoms in total. The zero-order valence-electron chi connectivity index (χ0n) is 14.4. The van der Waals surface area contributed by atoms with Crippen molar-refractivity contribution in [1.82, 2.24) is 4.90 Å². The highest BCUT2D eigenvalue weighted by atomic mass is 15.2. The third-order valence-electron chi connectivity index (χ3n) is 4.70. The molecule has 0 spiro atoms. The lowest BCUT2D eigenvalue weighted by molar-refractivity contribution is 0.133. The number of benzene rings is 2. The van der Waals surface area contributed by atoms with Gasteiger partial charge >= 0.3 is 0 Å². The van der Waals surface area contributed by atoms with Crippen molar-refractivity contribution >= 4 is 0 Å².